The maximum atomic E-state index is 12.2. The highest BCUT2D eigenvalue weighted by Crippen LogP contribution is 2.31. The largest absolute Gasteiger partial charge is 0.493 e. The zero-order chi connectivity index (χ0) is 25.5. The lowest BCUT2D eigenvalue weighted by molar-refractivity contribution is -0.138. The van der Waals surface area contributed by atoms with Gasteiger partial charge in [-0.15, -0.1) is 0 Å². The van der Waals surface area contributed by atoms with Crippen LogP contribution in [0.3, 0.4) is 0 Å². The molecule has 0 radical (unpaired) electrons. The van der Waals surface area contributed by atoms with Gasteiger partial charge in [0.2, 0.25) is 5.89 Å². The highest BCUT2D eigenvalue weighted by atomic mass is 16.6. The van der Waals surface area contributed by atoms with E-state index < -0.39 is 5.97 Å². The molecule has 3 aromatic rings. The number of nitrogens with zero attached hydrogens (tertiary/aromatic N) is 2. The fourth-order valence-electron chi connectivity index (χ4n) is 4.68. The molecule has 1 fully saturated rings. The van der Waals surface area contributed by atoms with Crippen LogP contribution in [0.25, 0.3) is 11.5 Å². The lowest BCUT2D eigenvalue weighted by atomic mass is 9.87. The Labute approximate surface area is 210 Å². The molecule has 190 valence electrons. The van der Waals surface area contributed by atoms with Crippen molar-refractivity contribution in [1.29, 1.82) is 0 Å². The van der Waals surface area contributed by atoms with Gasteiger partial charge in [0, 0.05) is 25.1 Å². The van der Waals surface area contributed by atoms with Crippen molar-refractivity contribution < 1.29 is 28.6 Å². The molecule has 2 heterocycles. The van der Waals surface area contributed by atoms with Crippen molar-refractivity contribution in [2.45, 2.75) is 33.1 Å². The number of hydrogen-bond acceptors (Lipinski definition) is 6. The van der Waals surface area contributed by atoms with Crippen LogP contribution in [0.2, 0.25) is 0 Å². The monoisotopic (exact) mass is 492 g/mol. The summed E-state index contributed by atoms with van der Waals surface area (Å²) in [5, 5.41) is 9.34. The lowest BCUT2D eigenvalue weighted by Gasteiger charge is -2.17. The molecular weight excluding hydrogens is 460 g/mol. The number of aryl methyl sites for hydroxylation is 1. The fourth-order valence-corrected chi connectivity index (χ4v) is 4.68. The Morgan fingerprint density at radius 1 is 1.11 bits per heavy atom. The second-order valence-corrected chi connectivity index (χ2v) is 9.06. The number of oxazole rings is 1. The summed E-state index contributed by atoms with van der Waals surface area (Å²) in [6, 6.07) is 17.6. The molecule has 2 atom stereocenters. The Morgan fingerprint density at radius 2 is 1.89 bits per heavy atom. The van der Waals surface area contributed by atoms with Crippen molar-refractivity contribution in [2.24, 2.45) is 11.8 Å². The summed E-state index contributed by atoms with van der Waals surface area (Å²) in [4.78, 5) is 29.8. The van der Waals surface area contributed by atoms with E-state index in [4.69, 9.17) is 13.9 Å². The van der Waals surface area contributed by atoms with Crippen molar-refractivity contribution in [2.75, 3.05) is 26.3 Å². The summed E-state index contributed by atoms with van der Waals surface area (Å²) in [5.74, 6) is 1.19. The van der Waals surface area contributed by atoms with Crippen LogP contribution in [0, 0.1) is 18.8 Å². The summed E-state index contributed by atoms with van der Waals surface area (Å²) in [6.45, 7) is 5.30. The first kappa shape index (κ1) is 25.3. The molecule has 4 rings (SSSR count). The molecule has 0 spiro atoms. The first-order valence-electron chi connectivity index (χ1n) is 12.3. The van der Waals surface area contributed by atoms with Gasteiger partial charge in [-0.25, -0.2) is 9.78 Å². The third-order valence-corrected chi connectivity index (χ3v) is 6.46. The van der Waals surface area contributed by atoms with Crippen LogP contribution in [-0.2, 0) is 22.4 Å². The Bertz CT molecular complexity index is 1180. The molecule has 8 nitrogen and oxygen atoms in total. The number of amides is 1. The van der Waals surface area contributed by atoms with Gasteiger partial charge in [0.15, 0.2) is 0 Å². The number of carbonyl (C=O) groups is 2. The third-order valence-electron chi connectivity index (χ3n) is 6.46. The topological polar surface area (TPSA) is 102 Å². The smallest absolute Gasteiger partial charge is 0.409 e. The van der Waals surface area contributed by atoms with Gasteiger partial charge < -0.3 is 23.9 Å². The average molecular weight is 493 g/mol. The highest BCUT2D eigenvalue weighted by molar-refractivity contribution is 5.69. The summed E-state index contributed by atoms with van der Waals surface area (Å²) in [7, 11) is 0. The molecule has 2 aromatic carbocycles. The average Bonchev–Trinajstić information content (AvgIpc) is 3.43. The van der Waals surface area contributed by atoms with E-state index in [0.717, 1.165) is 28.3 Å². The number of hydrogen-bond donors (Lipinski definition) is 1. The molecule has 8 heteroatoms. The minimum atomic E-state index is -0.855. The van der Waals surface area contributed by atoms with Crippen LogP contribution in [0.1, 0.15) is 30.4 Å². The predicted molar refractivity (Wildman–Crippen MR) is 134 cm³/mol. The van der Waals surface area contributed by atoms with Crippen molar-refractivity contribution in [3.63, 3.8) is 0 Å². The SMILES string of the molecule is CCOC(=O)N1C[C@@H](Cc2cccc(OCCc3nc(-c4ccccc4)oc3C)c2)[C@@H](CC(=O)O)C1. The van der Waals surface area contributed by atoms with Gasteiger partial charge in [0.1, 0.15) is 11.5 Å². The zero-order valence-electron chi connectivity index (χ0n) is 20.7. The van der Waals surface area contributed by atoms with E-state index in [9.17, 15) is 14.7 Å². The Morgan fingerprint density at radius 3 is 2.64 bits per heavy atom. The second kappa shape index (κ2) is 11.7. The van der Waals surface area contributed by atoms with E-state index in [1.807, 2.05) is 61.5 Å². The third kappa shape index (κ3) is 6.44. The van der Waals surface area contributed by atoms with Gasteiger partial charge in [0.05, 0.1) is 25.3 Å². The molecule has 0 bridgehead atoms. The number of ether oxygens (including phenoxy) is 2. The summed E-state index contributed by atoms with van der Waals surface area (Å²) >= 11 is 0. The van der Waals surface area contributed by atoms with Gasteiger partial charge in [-0.05, 0) is 61.9 Å². The van der Waals surface area contributed by atoms with Crippen LogP contribution in [0.4, 0.5) is 4.79 Å². The number of likely N-dealkylation sites (tertiary alicyclic amines) is 1. The van der Waals surface area contributed by atoms with Gasteiger partial charge in [0.25, 0.3) is 0 Å². The van der Waals surface area contributed by atoms with Gasteiger partial charge >= 0.3 is 12.1 Å². The van der Waals surface area contributed by atoms with Crippen molar-refractivity contribution >= 4 is 12.1 Å². The maximum Gasteiger partial charge on any atom is 0.409 e. The maximum absolute atomic E-state index is 12.2. The zero-order valence-corrected chi connectivity index (χ0v) is 20.7. The van der Waals surface area contributed by atoms with Crippen LogP contribution < -0.4 is 4.74 Å². The molecule has 36 heavy (non-hydrogen) atoms. The molecule has 1 aliphatic rings. The van der Waals surface area contributed by atoms with Crippen molar-refractivity contribution in [1.82, 2.24) is 9.88 Å². The molecule has 1 N–H and O–H groups in total. The number of carbonyl (C=O) groups excluding carboxylic acids is 1. The Balaban J connectivity index is 1.35. The van der Waals surface area contributed by atoms with Gasteiger partial charge in [-0.1, -0.05) is 30.3 Å². The number of aromatic nitrogens is 1. The fraction of sp³-hybridized carbons (Fsp3) is 0.393. The van der Waals surface area contributed by atoms with Gasteiger partial charge in [-0.2, -0.15) is 0 Å². The Kier molecular flexibility index (Phi) is 8.25. The number of carboxylic acids is 1. The number of benzene rings is 2. The molecule has 0 aliphatic carbocycles. The summed E-state index contributed by atoms with van der Waals surface area (Å²) < 4.78 is 17.0. The quantitative estimate of drug-likeness (QED) is 0.425. The van der Waals surface area contributed by atoms with Crippen molar-refractivity contribution in [3.8, 4) is 17.2 Å². The highest BCUT2D eigenvalue weighted by Gasteiger charge is 2.37. The van der Waals surface area contributed by atoms with Crippen LogP contribution >= 0.6 is 0 Å². The normalized spacial score (nSPS) is 17.2. The number of aliphatic carboxylic acids is 1. The van der Waals surface area contributed by atoms with E-state index in [0.29, 0.717) is 45.0 Å². The molecule has 0 unspecified atom stereocenters. The van der Waals surface area contributed by atoms with Gasteiger partial charge in [-0.3, -0.25) is 4.79 Å². The van der Waals surface area contributed by atoms with E-state index in [-0.39, 0.29) is 24.3 Å². The van der Waals surface area contributed by atoms with E-state index in [2.05, 4.69) is 4.98 Å². The Hall–Kier alpha value is -3.81. The molecule has 1 aromatic heterocycles. The first-order chi connectivity index (χ1) is 17.4. The van der Waals surface area contributed by atoms with E-state index >= 15 is 0 Å². The molecule has 0 saturated carbocycles. The van der Waals surface area contributed by atoms with E-state index in [1.54, 1.807) is 11.8 Å². The van der Waals surface area contributed by atoms with Crippen LogP contribution in [-0.4, -0.2) is 53.4 Å². The number of carboxylic acid groups (broad SMARTS) is 1. The van der Waals surface area contributed by atoms with Crippen LogP contribution in [0.5, 0.6) is 5.75 Å². The predicted octanol–water partition coefficient (Wildman–Crippen LogP) is 4.99. The standard InChI is InChI=1S/C28H32N2O6/c1-3-34-28(33)30-17-22(23(18-30)16-26(31)32)14-20-8-7-11-24(15-20)35-13-12-25-19(2)36-27(29-25)21-9-5-4-6-10-21/h4-11,15,22-23H,3,12-14,16-18H2,1-2H3,(H,31,32)/t22-,23+/m1/s1. The minimum absolute atomic E-state index is 0.0266. The lowest BCUT2D eigenvalue weighted by Crippen LogP contribution is -2.29. The van der Waals surface area contributed by atoms with Crippen molar-refractivity contribution in [3.05, 3.63) is 71.6 Å². The summed E-state index contributed by atoms with van der Waals surface area (Å²) in [6.07, 6.45) is 0.919. The molecular formula is C28H32N2O6. The first-order valence-corrected chi connectivity index (χ1v) is 12.3. The molecule has 1 aliphatic heterocycles. The number of rotatable bonds is 10. The molecule has 1 amide bonds. The summed E-state index contributed by atoms with van der Waals surface area (Å²) in [5.41, 5.74) is 2.85. The van der Waals surface area contributed by atoms with E-state index in [1.165, 1.54) is 0 Å². The molecule has 1 saturated heterocycles. The van der Waals surface area contributed by atoms with Crippen LogP contribution in [0.15, 0.2) is 59.0 Å². The minimum Gasteiger partial charge on any atom is -0.493 e. The second-order valence-electron chi connectivity index (χ2n) is 9.06.